The van der Waals surface area contributed by atoms with Crippen molar-refractivity contribution in [2.45, 2.75) is 0 Å². The summed E-state index contributed by atoms with van der Waals surface area (Å²) in [6.45, 7) is 0. The van der Waals surface area contributed by atoms with Crippen molar-refractivity contribution in [3.63, 3.8) is 0 Å². The molecular formula is C44H26N4. The summed E-state index contributed by atoms with van der Waals surface area (Å²) in [7, 11) is 0. The molecule has 0 saturated heterocycles. The molecule has 2 heterocycles. The molecule has 2 aromatic heterocycles. The van der Waals surface area contributed by atoms with Gasteiger partial charge in [-0.25, -0.2) is 0 Å². The number of nitriles is 2. The lowest BCUT2D eigenvalue weighted by atomic mass is 9.92. The molecule has 0 atom stereocenters. The summed E-state index contributed by atoms with van der Waals surface area (Å²) in [5, 5.41) is 24.6. The Morgan fingerprint density at radius 2 is 1.00 bits per heavy atom. The van der Waals surface area contributed by atoms with Crippen LogP contribution in [0.15, 0.2) is 158 Å². The van der Waals surface area contributed by atoms with Crippen molar-refractivity contribution < 1.29 is 0 Å². The van der Waals surface area contributed by atoms with Crippen molar-refractivity contribution in [2.24, 2.45) is 0 Å². The van der Waals surface area contributed by atoms with E-state index in [0.29, 0.717) is 11.1 Å². The number of para-hydroxylation sites is 4. The fourth-order valence-corrected chi connectivity index (χ4v) is 7.36. The lowest BCUT2D eigenvalue weighted by molar-refractivity contribution is 1.17. The number of nitrogens with zero attached hydrogens (tertiary/aromatic N) is 4. The molecule has 9 aromatic rings. The van der Waals surface area contributed by atoms with E-state index in [1.807, 2.05) is 36.4 Å². The first-order chi connectivity index (χ1) is 23.7. The summed E-state index contributed by atoms with van der Waals surface area (Å²) >= 11 is 0. The standard InChI is InChI=1S/C44H26N4/c45-27-29-23-24-38(43(25-29)48-41-21-7-3-16-35(41)36-17-4-8-22-42(36)48)34-15-2-1-14-33(34)30-11-9-13-32(26-30)47-40-20-6-5-18-37(40)39-19-10-12-31(28-46)44(39)47/h1-26H. The molecule has 0 aliphatic heterocycles. The molecule has 0 radical (unpaired) electrons. The van der Waals surface area contributed by atoms with E-state index in [0.717, 1.165) is 66.5 Å². The zero-order chi connectivity index (χ0) is 32.2. The SMILES string of the molecule is N#Cc1ccc(-c2ccccc2-c2cccc(-n3c4ccccc4c4cccc(C#N)c43)c2)c(-n2c3ccccc3c3ccccc32)c1. The fraction of sp³-hybridized carbons (Fsp3) is 0. The largest absolute Gasteiger partial charge is 0.309 e. The normalized spacial score (nSPS) is 11.3. The Bertz CT molecular complexity index is 2760. The van der Waals surface area contributed by atoms with Gasteiger partial charge in [0.2, 0.25) is 0 Å². The molecule has 0 amide bonds. The molecule has 0 unspecified atom stereocenters. The van der Waals surface area contributed by atoms with Gasteiger partial charge in [-0.15, -0.1) is 0 Å². The fourth-order valence-electron chi connectivity index (χ4n) is 7.36. The Morgan fingerprint density at radius 1 is 0.417 bits per heavy atom. The third-order valence-corrected chi connectivity index (χ3v) is 9.40. The number of fused-ring (bicyclic) bond motifs is 6. The minimum atomic E-state index is 0.606. The summed E-state index contributed by atoms with van der Waals surface area (Å²) in [6, 6.07) is 59.0. The summed E-state index contributed by atoms with van der Waals surface area (Å²) < 4.78 is 4.50. The average molecular weight is 611 g/mol. The van der Waals surface area contributed by atoms with E-state index in [1.165, 1.54) is 10.8 Å². The number of benzene rings is 7. The average Bonchev–Trinajstić information content (AvgIpc) is 3.68. The molecule has 0 saturated carbocycles. The van der Waals surface area contributed by atoms with Crippen LogP contribution >= 0.6 is 0 Å². The second kappa shape index (κ2) is 10.9. The Hall–Kier alpha value is -6.88. The highest BCUT2D eigenvalue weighted by atomic mass is 15.0. The maximum absolute atomic E-state index is 10.1. The minimum absolute atomic E-state index is 0.606. The Morgan fingerprint density at radius 3 is 1.69 bits per heavy atom. The zero-order valence-corrected chi connectivity index (χ0v) is 25.8. The molecular weight excluding hydrogens is 585 g/mol. The highest BCUT2D eigenvalue weighted by Crippen LogP contribution is 2.41. The van der Waals surface area contributed by atoms with Crippen LogP contribution in [0.2, 0.25) is 0 Å². The molecule has 0 spiro atoms. The predicted molar refractivity (Wildman–Crippen MR) is 195 cm³/mol. The first kappa shape index (κ1) is 27.4. The Kier molecular flexibility index (Phi) is 6.22. The van der Waals surface area contributed by atoms with E-state index in [4.69, 9.17) is 0 Å². The Balaban J connectivity index is 1.29. The molecule has 0 bridgehead atoms. The van der Waals surface area contributed by atoms with Gasteiger partial charge in [-0.05, 0) is 65.2 Å². The summed E-state index contributed by atoms with van der Waals surface area (Å²) in [4.78, 5) is 0. The van der Waals surface area contributed by atoms with Crippen LogP contribution in [0.1, 0.15) is 11.1 Å². The van der Waals surface area contributed by atoms with Crippen molar-refractivity contribution in [1.29, 1.82) is 10.5 Å². The highest BCUT2D eigenvalue weighted by Gasteiger charge is 2.19. The molecule has 7 aromatic carbocycles. The lowest BCUT2D eigenvalue weighted by Crippen LogP contribution is -1.99. The maximum Gasteiger partial charge on any atom is 0.101 e. The lowest BCUT2D eigenvalue weighted by Gasteiger charge is -2.18. The quantitative estimate of drug-likeness (QED) is 0.199. The minimum Gasteiger partial charge on any atom is -0.309 e. The van der Waals surface area contributed by atoms with Gasteiger partial charge < -0.3 is 9.13 Å². The van der Waals surface area contributed by atoms with Gasteiger partial charge in [0.25, 0.3) is 0 Å². The van der Waals surface area contributed by atoms with Gasteiger partial charge in [-0.2, -0.15) is 10.5 Å². The molecule has 9 rings (SSSR count). The zero-order valence-electron chi connectivity index (χ0n) is 25.8. The molecule has 0 aliphatic carbocycles. The van der Waals surface area contributed by atoms with Gasteiger partial charge in [0.15, 0.2) is 0 Å². The second-order valence-electron chi connectivity index (χ2n) is 12.0. The van der Waals surface area contributed by atoms with Gasteiger partial charge in [0.1, 0.15) is 6.07 Å². The van der Waals surface area contributed by atoms with Gasteiger partial charge in [-0.1, -0.05) is 109 Å². The molecule has 4 heteroatoms. The van der Waals surface area contributed by atoms with Crippen LogP contribution in [0.25, 0.3) is 77.2 Å². The first-order valence-electron chi connectivity index (χ1n) is 15.9. The molecule has 4 nitrogen and oxygen atoms in total. The van der Waals surface area contributed by atoms with Crippen molar-refractivity contribution in [3.05, 3.63) is 169 Å². The highest BCUT2D eigenvalue weighted by molar-refractivity contribution is 6.11. The van der Waals surface area contributed by atoms with Crippen molar-refractivity contribution in [1.82, 2.24) is 9.13 Å². The van der Waals surface area contributed by atoms with Crippen LogP contribution in [0.4, 0.5) is 0 Å². The topological polar surface area (TPSA) is 57.4 Å². The molecule has 0 fully saturated rings. The van der Waals surface area contributed by atoms with Gasteiger partial charge in [0.05, 0.1) is 45.0 Å². The number of hydrogen-bond acceptors (Lipinski definition) is 2. The van der Waals surface area contributed by atoms with Gasteiger partial charge in [0, 0.05) is 32.8 Å². The number of aromatic nitrogens is 2. The number of hydrogen-bond donors (Lipinski definition) is 0. The predicted octanol–water partition coefficient (Wildman–Crippen LogP) is 11.0. The van der Waals surface area contributed by atoms with Crippen LogP contribution in [0, 0.1) is 22.7 Å². The first-order valence-corrected chi connectivity index (χ1v) is 15.9. The third kappa shape index (κ3) is 4.07. The second-order valence-corrected chi connectivity index (χ2v) is 12.0. The van der Waals surface area contributed by atoms with Crippen LogP contribution in [0.5, 0.6) is 0 Å². The summed E-state index contributed by atoms with van der Waals surface area (Å²) in [5.74, 6) is 0. The van der Waals surface area contributed by atoms with E-state index in [1.54, 1.807) is 0 Å². The Labute approximate surface area is 277 Å². The molecule has 0 aliphatic rings. The van der Waals surface area contributed by atoms with Crippen molar-refractivity contribution in [2.75, 3.05) is 0 Å². The number of rotatable bonds is 4. The molecule has 222 valence electrons. The molecule has 0 N–H and O–H groups in total. The van der Waals surface area contributed by atoms with Gasteiger partial charge >= 0.3 is 0 Å². The van der Waals surface area contributed by atoms with Crippen LogP contribution in [-0.4, -0.2) is 9.13 Å². The van der Waals surface area contributed by atoms with Crippen LogP contribution < -0.4 is 0 Å². The van der Waals surface area contributed by atoms with E-state index in [9.17, 15) is 10.5 Å². The van der Waals surface area contributed by atoms with Crippen molar-refractivity contribution in [3.8, 4) is 45.8 Å². The van der Waals surface area contributed by atoms with Crippen molar-refractivity contribution >= 4 is 43.6 Å². The molecule has 48 heavy (non-hydrogen) atoms. The maximum atomic E-state index is 10.1. The van der Waals surface area contributed by atoms with E-state index in [-0.39, 0.29) is 0 Å². The third-order valence-electron chi connectivity index (χ3n) is 9.40. The smallest absolute Gasteiger partial charge is 0.101 e. The van der Waals surface area contributed by atoms with E-state index < -0.39 is 0 Å². The van der Waals surface area contributed by atoms with Crippen LogP contribution in [-0.2, 0) is 0 Å². The summed E-state index contributed by atoms with van der Waals surface area (Å²) in [6.07, 6.45) is 0. The van der Waals surface area contributed by atoms with Gasteiger partial charge in [-0.3, -0.25) is 0 Å². The van der Waals surface area contributed by atoms with Crippen LogP contribution in [0.3, 0.4) is 0 Å². The van der Waals surface area contributed by atoms with E-state index in [2.05, 4.69) is 143 Å². The summed E-state index contributed by atoms with van der Waals surface area (Å²) in [5.41, 5.74) is 11.6. The van der Waals surface area contributed by atoms with E-state index >= 15 is 0 Å². The monoisotopic (exact) mass is 610 g/mol.